The number of para-hydroxylation sites is 1. The summed E-state index contributed by atoms with van der Waals surface area (Å²) in [6.45, 7) is 0.426. The number of carbonyl (C=O) groups excluding carboxylic acids is 1. The molecule has 2 aromatic heterocycles. The van der Waals surface area contributed by atoms with E-state index in [1.807, 2.05) is 18.2 Å². The van der Waals surface area contributed by atoms with Gasteiger partial charge in [0.1, 0.15) is 10.5 Å². The molecule has 5 rings (SSSR count). The van der Waals surface area contributed by atoms with E-state index in [4.69, 9.17) is 0 Å². The maximum absolute atomic E-state index is 13.0. The van der Waals surface area contributed by atoms with E-state index in [2.05, 4.69) is 14.7 Å². The van der Waals surface area contributed by atoms with E-state index < -0.39 is 15.6 Å². The summed E-state index contributed by atoms with van der Waals surface area (Å²) in [5.41, 5.74) is 0.913. The van der Waals surface area contributed by atoms with Crippen LogP contribution in [-0.4, -0.2) is 53.0 Å². The van der Waals surface area contributed by atoms with Gasteiger partial charge >= 0.3 is 0 Å². The Kier molecular flexibility index (Phi) is 5.51. The molecule has 1 amide bonds. The standard InChI is InChI=1S/C25H22N4O4S/c30-24(29-16-25(31,17-29)15-21-7-1-2-13-26-21)19-9-11-20(12-10-19)28-34(32,33)22-8-3-5-18-6-4-14-27-23(18)22/h1-14,28,31H,15-17H2. The molecule has 2 aromatic carbocycles. The van der Waals surface area contributed by atoms with Crippen molar-refractivity contribution >= 4 is 32.5 Å². The lowest BCUT2D eigenvalue weighted by molar-refractivity contribution is -0.0804. The van der Waals surface area contributed by atoms with Crippen molar-refractivity contribution in [3.05, 3.63) is 96.4 Å². The van der Waals surface area contributed by atoms with Crippen molar-refractivity contribution in [2.45, 2.75) is 16.9 Å². The van der Waals surface area contributed by atoms with E-state index in [1.54, 1.807) is 65.8 Å². The lowest BCUT2D eigenvalue weighted by Crippen LogP contribution is -2.64. The number of fused-ring (bicyclic) bond motifs is 1. The Bertz CT molecular complexity index is 1450. The highest BCUT2D eigenvalue weighted by molar-refractivity contribution is 7.93. The Morgan fingerprint density at radius 1 is 0.941 bits per heavy atom. The monoisotopic (exact) mass is 474 g/mol. The van der Waals surface area contributed by atoms with Crippen molar-refractivity contribution in [1.82, 2.24) is 14.9 Å². The molecular formula is C25H22N4O4S. The molecule has 9 heteroatoms. The Morgan fingerprint density at radius 2 is 1.68 bits per heavy atom. The highest BCUT2D eigenvalue weighted by Crippen LogP contribution is 2.27. The molecule has 0 radical (unpaired) electrons. The number of likely N-dealkylation sites (tertiary alicyclic amines) is 1. The molecule has 4 aromatic rings. The lowest BCUT2D eigenvalue weighted by Gasteiger charge is -2.46. The fourth-order valence-corrected chi connectivity index (χ4v) is 5.37. The third-order valence-corrected chi connectivity index (χ3v) is 7.18. The number of sulfonamides is 1. The summed E-state index contributed by atoms with van der Waals surface area (Å²) in [6, 6.07) is 20.3. The van der Waals surface area contributed by atoms with Gasteiger partial charge in [0, 0.05) is 41.1 Å². The van der Waals surface area contributed by atoms with Gasteiger partial charge in [0.15, 0.2) is 0 Å². The van der Waals surface area contributed by atoms with Gasteiger partial charge < -0.3 is 10.0 Å². The van der Waals surface area contributed by atoms with Crippen LogP contribution in [0.2, 0.25) is 0 Å². The second-order valence-electron chi connectivity index (χ2n) is 8.40. The molecule has 1 saturated heterocycles. The predicted molar refractivity (Wildman–Crippen MR) is 128 cm³/mol. The number of nitrogens with one attached hydrogen (secondary N) is 1. The third kappa shape index (κ3) is 4.35. The number of pyridine rings is 2. The molecule has 0 aliphatic carbocycles. The quantitative estimate of drug-likeness (QED) is 0.444. The molecule has 2 N–H and O–H groups in total. The highest BCUT2D eigenvalue weighted by atomic mass is 32.2. The van der Waals surface area contributed by atoms with Gasteiger partial charge in [0.25, 0.3) is 15.9 Å². The first kappa shape index (κ1) is 22.0. The number of hydrogen-bond acceptors (Lipinski definition) is 6. The molecule has 172 valence electrons. The van der Waals surface area contributed by atoms with Crippen LogP contribution < -0.4 is 4.72 Å². The van der Waals surface area contributed by atoms with Crippen molar-refractivity contribution in [3.8, 4) is 0 Å². The minimum absolute atomic E-state index is 0.0820. The minimum atomic E-state index is -3.87. The first-order valence-electron chi connectivity index (χ1n) is 10.7. The van der Waals surface area contributed by atoms with E-state index in [0.717, 1.165) is 11.1 Å². The fourth-order valence-electron chi connectivity index (χ4n) is 4.13. The summed E-state index contributed by atoms with van der Waals surface area (Å²) < 4.78 is 28.5. The van der Waals surface area contributed by atoms with Gasteiger partial charge in [-0.2, -0.15) is 0 Å². The molecular weight excluding hydrogens is 452 g/mol. The van der Waals surface area contributed by atoms with Crippen molar-refractivity contribution in [1.29, 1.82) is 0 Å². The van der Waals surface area contributed by atoms with Gasteiger partial charge in [-0.15, -0.1) is 0 Å². The Labute approximate surface area is 197 Å². The predicted octanol–water partition coefficient (Wildman–Crippen LogP) is 2.86. The molecule has 0 bridgehead atoms. The summed E-state index contributed by atoms with van der Waals surface area (Å²) in [6.07, 6.45) is 3.60. The lowest BCUT2D eigenvalue weighted by atomic mass is 9.88. The number of β-amino-alcohol motifs (C(OH)–C–C–N with tert-alkyl or cyclic N) is 1. The first-order chi connectivity index (χ1) is 16.3. The Balaban J connectivity index is 1.26. The minimum Gasteiger partial charge on any atom is -0.386 e. The summed E-state index contributed by atoms with van der Waals surface area (Å²) in [7, 11) is -3.87. The molecule has 0 unspecified atom stereocenters. The van der Waals surface area contributed by atoms with Crippen LogP contribution in [0.3, 0.4) is 0 Å². The van der Waals surface area contributed by atoms with Gasteiger partial charge in [-0.3, -0.25) is 19.5 Å². The third-order valence-electron chi connectivity index (χ3n) is 5.76. The van der Waals surface area contributed by atoms with E-state index in [1.165, 1.54) is 6.07 Å². The van der Waals surface area contributed by atoms with Crippen molar-refractivity contribution in [2.24, 2.45) is 0 Å². The summed E-state index contributed by atoms with van der Waals surface area (Å²) >= 11 is 0. The number of nitrogens with zero attached hydrogens (tertiary/aromatic N) is 3. The average molecular weight is 475 g/mol. The van der Waals surface area contributed by atoms with Crippen molar-refractivity contribution in [3.63, 3.8) is 0 Å². The zero-order chi connectivity index (χ0) is 23.8. The number of carbonyl (C=O) groups is 1. The maximum Gasteiger partial charge on any atom is 0.264 e. The molecule has 1 fully saturated rings. The number of benzene rings is 2. The van der Waals surface area contributed by atoms with Gasteiger partial charge in [-0.1, -0.05) is 24.3 Å². The van der Waals surface area contributed by atoms with Crippen LogP contribution in [0.5, 0.6) is 0 Å². The van der Waals surface area contributed by atoms with Crippen LogP contribution in [0.4, 0.5) is 5.69 Å². The van der Waals surface area contributed by atoms with Gasteiger partial charge in [0.2, 0.25) is 0 Å². The Hall–Kier alpha value is -3.82. The molecule has 8 nitrogen and oxygen atoms in total. The molecule has 0 saturated carbocycles. The smallest absolute Gasteiger partial charge is 0.264 e. The number of anilines is 1. The first-order valence-corrected chi connectivity index (χ1v) is 12.2. The normalized spacial score (nSPS) is 15.0. The average Bonchev–Trinajstić information content (AvgIpc) is 2.82. The molecule has 1 aliphatic heterocycles. The molecule has 0 spiro atoms. The molecule has 3 heterocycles. The zero-order valence-electron chi connectivity index (χ0n) is 18.1. The fraction of sp³-hybridized carbons (Fsp3) is 0.160. The number of aliphatic hydroxyl groups is 1. The summed E-state index contributed by atoms with van der Waals surface area (Å²) in [5, 5.41) is 11.4. The van der Waals surface area contributed by atoms with Crippen LogP contribution >= 0.6 is 0 Å². The number of aromatic nitrogens is 2. The van der Waals surface area contributed by atoms with Gasteiger partial charge in [-0.25, -0.2) is 8.42 Å². The second-order valence-corrected chi connectivity index (χ2v) is 10.0. The van der Waals surface area contributed by atoms with Crippen LogP contribution in [0.1, 0.15) is 16.1 Å². The van der Waals surface area contributed by atoms with E-state index in [0.29, 0.717) is 23.2 Å². The van der Waals surface area contributed by atoms with Gasteiger partial charge in [0.05, 0.1) is 18.6 Å². The molecule has 1 aliphatic rings. The van der Waals surface area contributed by atoms with Crippen LogP contribution in [-0.2, 0) is 16.4 Å². The SMILES string of the molecule is O=C(c1ccc(NS(=O)(=O)c2cccc3cccnc23)cc1)N1CC(O)(Cc2ccccn2)C1. The number of rotatable bonds is 6. The molecule has 0 atom stereocenters. The summed E-state index contributed by atoms with van der Waals surface area (Å²) in [5.74, 6) is -0.224. The van der Waals surface area contributed by atoms with E-state index in [9.17, 15) is 18.3 Å². The summed E-state index contributed by atoms with van der Waals surface area (Å²) in [4.78, 5) is 22.9. The Morgan fingerprint density at radius 3 is 2.41 bits per heavy atom. The number of amides is 1. The van der Waals surface area contributed by atoms with Crippen LogP contribution in [0.25, 0.3) is 10.9 Å². The number of hydrogen-bond donors (Lipinski definition) is 2. The zero-order valence-corrected chi connectivity index (χ0v) is 18.9. The van der Waals surface area contributed by atoms with E-state index in [-0.39, 0.29) is 23.9 Å². The largest absolute Gasteiger partial charge is 0.386 e. The maximum atomic E-state index is 13.0. The van der Waals surface area contributed by atoms with Gasteiger partial charge in [-0.05, 0) is 48.5 Å². The van der Waals surface area contributed by atoms with E-state index >= 15 is 0 Å². The van der Waals surface area contributed by atoms with Crippen molar-refractivity contribution in [2.75, 3.05) is 17.8 Å². The van der Waals surface area contributed by atoms with Crippen LogP contribution in [0.15, 0.2) is 90.1 Å². The van der Waals surface area contributed by atoms with Crippen molar-refractivity contribution < 1.29 is 18.3 Å². The highest BCUT2D eigenvalue weighted by Gasteiger charge is 2.44. The molecule has 34 heavy (non-hydrogen) atoms. The topological polar surface area (TPSA) is 112 Å². The van der Waals surface area contributed by atoms with Crippen LogP contribution in [0, 0.1) is 0 Å². The second kappa shape index (κ2) is 8.51.